The molecule has 0 unspecified atom stereocenters. The van der Waals surface area contributed by atoms with Crippen molar-refractivity contribution >= 4 is 17.9 Å². The molecule has 0 aromatic rings. The third kappa shape index (κ3) is 4.39. The number of methoxy groups -OCH3 is 1. The van der Waals surface area contributed by atoms with Crippen LogP contribution in [0.5, 0.6) is 0 Å². The summed E-state index contributed by atoms with van der Waals surface area (Å²) in [6.45, 7) is 10.1. The smallest absolute Gasteiger partial charge is 0.305 e. The number of rotatable bonds is 5. The van der Waals surface area contributed by atoms with Crippen molar-refractivity contribution in [2.75, 3.05) is 7.11 Å². The number of carbonyl (C=O) groups excluding carboxylic acids is 3. The lowest BCUT2D eigenvalue weighted by Crippen LogP contribution is -2.60. The number of carbonyl (C=O) groups is 3. The third-order valence-corrected chi connectivity index (χ3v) is 10.7. The minimum absolute atomic E-state index is 0.0168. The summed E-state index contributed by atoms with van der Waals surface area (Å²) in [7, 11) is 1.46. The van der Waals surface area contributed by atoms with Crippen LogP contribution in [-0.2, 0) is 28.6 Å². The predicted molar refractivity (Wildman–Crippen MR) is 128 cm³/mol. The molecule has 4 aliphatic rings. The molecule has 0 bridgehead atoms. The van der Waals surface area contributed by atoms with Gasteiger partial charge in [0.15, 0.2) is 0 Å². The summed E-state index contributed by atoms with van der Waals surface area (Å²) in [6, 6.07) is 0. The van der Waals surface area contributed by atoms with Crippen molar-refractivity contribution in [2.24, 2.45) is 46.3 Å². The lowest BCUT2D eigenvalue weighted by Gasteiger charge is -2.63. The molecule has 34 heavy (non-hydrogen) atoms. The Morgan fingerprint density at radius 1 is 0.941 bits per heavy atom. The standard InChI is InChI=1S/C28H44O6/c1-16(13-25(31)32-6)22-9-10-23-21-8-7-19-14-20(33-17(2)29)11-12-27(19,4)26(21)24(34-18(3)30)15-28(22,23)5/h16,19-24,26H,7-15H2,1-6H3/t16-,19-,20-,21+,22-,23+,24-,26-,27+,28-/m1/s1. The van der Waals surface area contributed by atoms with Crippen molar-refractivity contribution in [3.63, 3.8) is 0 Å². The molecule has 4 fully saturated rings. The highest BCUT2D eigenvalue weighted by molar-refractivity contribution is 5.69. The van der Waals surface area contributed by atoms with Gasteiger partial charge in [-0.15, -0.1) is 0 Å². The average molecular weight is 477 g/mol. The van der Waals surface area contributed by atoms with E-state index < -0.39 is 0 Å². The number of esters is 3. The molecule has 0 aromatic heterocycles. The highest BCUT2D eigenvalue weighted by Crippen LogP contribution is 2.69. The van der Waals surface area contributed by atoms with Gasteiger partial charge in [0.2, 0.25) is 0 Å². The molecular formula is C28H44O6. The minimum atomic E-state index is -0.192. The van der Waals surface area contributed by atoms with Gasteiger partial charge < -0.3 is 14.2 Å². The van der Waals surface area contributed by atoms with Crippen LogP contribution < -0.4 is 0 Å². The third-order valence-electron chi connectivity index (χ3n) is 10.7. The molecule has 0 aromatic carbocycles. The summed E-state index contributed by atoms with van der Waals surface area (Å²) >= 11 is 0. The first-order valence-corrected chi connectivity index (χ1v) is 13.4. The van der Waals surface area contributed by atoms with Crippen LogP contribution >= 0.6 is 0 Å². The van der Waals surface area contributed by atoms with Gasteiger partial charge >= 0.3 is 17.9 Å². The van der Waals surface area contributed by atoms with E-state index >= 15 is 0 Å². The average Bonchev–Trinajstić information content (AvgIpc) is 3.09. The number of ether oxygens (including phenoxy) is 3. The van der Waals surface area contributed by atoms with E-state index in [1.165, 1.54) is 27.4 Å². The molecular weight excluding hydrogens is 432 g/mol. The van der Waals surface area contributed by atoms with Crippen LogP contribution in [-0.4, -0.2) is 37.2 Å². The molecule has 6 nitrogen and oxygen atoms in total. The van der Waals surface area contributed by atoms with Crippen LogP contribution in [0.3, 0.4) is 0 Å². The Labute approximate surface area is 204 Å². The Kier molecular flexibility index (Phi) is 7.10. The van der Waals surface area contributed by atoms with Crippen molar-refractivity contribution in [1.29, 1.82) is 0 Å². The first kappa shape index (κ1) is 25.5. The molecule has 4 aliphatic carbocycles. The molecule has 0 saturated heterocycles. The van der Waals surface area contributed by atoms with Gasteiger partial charge in [0, 0.05) is 26.2 Å². The molecule has 6 heteroatoms. The van der Waals surface area contributed by atoms with Crippen molar-refractivity contribution < 1.29 is 28.6 Å². The fourth-order valence-corrected chi connectivity index (χ4v) is 9.43. The number of hydrogen-bond donors (Lipinski definition) is 0. The zero-order valence-electron chi connectivity index (χ0n) is 21.9. The summed E-state index contributed by atoms with van der Waals surface area (Å²) in [4.78, 5) is 35.9. The van der Waals surface area contributed by atoms with E-state index in [1.807, 2.05) is 0 Å². The maximum absolute atomic E-state index is 12.3. The van der Waals surface area contributed by atoms with E-state index in [2.05, 4.69) is 20.8 Å². The van der Waals surface area contributed by atoms with Crippen LogP contribution in [0.2, 0.25) is 0 Å². The number of fused-ring (bicyclic) bond motifs is 5. The maximum Gasteiger partial charge on any atom is 0.305 e. The second-order valence-electron chi connectivity index (χ2n) is 12.4. The lowest BCUT2D eigenvalue weighted by molar-refractivity contribution is -0.201. The Morgan fingerprint density at radius 3 is 2.29 bits per heavy atom. The summed E-state index contributed by atoms with van der Waals surface area (Å²) in [5.41, 5.74) is 0.156. The van der Waals surface area contributed by atoms with Crippen LogP contribution in [0.15, 0.2) is 0 Å². The Morgan fingerprint density at radius 2 is 1.65 bits per heavy atom. The Hall–Kier alpha value is -1.59. The first-order chi connectivity index (χ1) is 16.0. The highest BCUT2D eigenvalue weighted by atomic mass is 16.5. The minimum Gasteiger partial charge on any atom is -0.469 e. The van der Waals surface area contributed by atoms with E-state index in [0.29, 0.717) is 36.0 Å². The highest BCUT2D eigenvalue weighted by Gasteiger charge is 2.64. The fraction of sp³-hybridized carbons (Fsp3) is 0.893. The van der Waals surface area contributed by atoms with Crippen molar-refractivity contribution in [1.82, 2.24) is 0 Å². The van der Waals surface area contributed by atoms with Crippen molar-refractivity contribution in [3.05, 3.63) is 0 Å². The lowest BCUT2D eigenvalue weighted by atomic mass is 9.43. The quantitative estimate of drug-likeness (QED) is 0.395. The molecule has 192 valence electrons. The maximum atomic E-state index is 12.3. The van der Waals surface area contributed by atoms with Gasteiger partial charge in [-0.25, -0.2) is 0 Å². The van der Waals surface area contributed by atoms with Crippen LogP contribution in [0.25, 0.3) is 0 Å². The van der Waals surface area contributed by atoms with Crippen LogP contribution in [0.1, 0.15) is 92.4 Å². The van der Waals surface area contributed by atoms with Gasteiger partial charge in [0.25, 0.3) is 0 Å². The van der Waals surface area contributed by atoms with E-state index in [1.54, 1.807) is 0 Å². The van der Waals surface area contributed by atoms with Gasteiger partial charge in [0.05, 0.1) is 7.11 Å². The van der Waals surface area contributed by atoms with Gasteiger partial charge in [-0.2, -0.15) is 0 Å². The summed E-state index contributed by atoms with van der Waals surface area (Å²) in [5, 5.41) is 0. The number of hydrogen-bond acceptors (Lipinski definition) is 6. The van der Waals surface area contributed by atoms with E-state index in [9.17, 15) is 14.4 Å². The van der Waals surface area contributed by atoms with Crippen molar-refractivity contribution in [3.8, 4) is 0 Å². The molecule has 0 heterocycles. The van der Waals surface area contributed by atoms with Crippen LogP contribution in [0.4, 0.5) is 0 Å². The van der Waals surface area contributed by atoms with Gasteiger partial charge in [-0.05, 0) is 91.8 Å². The SMILES string of the molecule is COC(=O)C[C@@H](C)[C@H]1CC[C@H]2[C@@H]3CC[C@@H]4C[C@H](OC(C)=O)CC[C@]4(C)[C@H]3[C@H](OC(C)=O)C[C@]12C. The second kappa shape index (κ2) is 9.46. The molecule has 0 N–H and O–H groups in total. The zero-order valence-corrected chi connectivity index (χ0v) is 21.9. The fourth-order valence-electron chi connectivity index (χ4n) is 9.43. The van der Waals surface area contributed by atoms with E-state index in [0.717, 1.165) is 44.9 Å². The predicted octanol–water partition coefficient (Wildman–Crippen LogP) is 5.32. The molecule has 0 spiro atoms. The zero-order chi connectivity index (χ0) is 24.8. The summed E-state index contributed by atoms with van der Waals surface area (Å²) in [5.74, 6) is 2.13. The largest absolute Gasteiger partial charge is 0.469 e. The van der Waals surface area contributed by atoms with E-state index in [4.69, 9.17) is 14.2 Å². The Balaban J connectivity index is 1.62. The molecule has 4 rings (SSSR count). The van der Waals surface area contributed by atoms with Crippen LogP contribution in [0, 0.1) is 46.3 Å². The van der Waals surface area contributed by atoms with E-state index in [-0.39, 0.29) is 46.9 Å². The van der Waals surface area contributed by atoms with Gasteiger partial charge in [-0.1, -0.05) is 20.8 Å². The molecule has 10 atom stereocenters. The van der Waals surface area contributed by atoms with Gasteiger partial charge in [-0.3, -0.25) is 14.4 Å². The monoisotopic (exact) mass is 476 g/mol. The molecule has 4 saturated carbocycles. The topological polar surface area (TPSA) is 78.9 Å². The summed E-state index contributed by atoms with van der Waals surface area (Å²) < 4.78 is 16.7. The second-order valence-corrected chi connectivity index (χ2v) is 12.4. The molecule has 0 amide bonds. The van der Waals surface area contributed by atoms with Crippen molar-refractivity contribution in [2.45, 2.75) is 105 Å². The first-order valence-electron chi connectivity index (χ1n) is 13.4. The normalized spacial score (nSPS) is 44.1. The molecule has 0 aliphatic heterocycles. The van der Waals surface area contributed by atoms with Gasteiger partial charge in [0.1, 0.15) is 12.2 Å². The Bertz CT molecular complexity index is 809. The molecule has 0 radical (unpaired) electrons. The summed E-state index contributed by atoms with van der Waals surface area (Å²) in [6.07, 6.45) is 8.70.